The molecule has 4 atom stereocenters. The summed E-state index contributed by atoms with van der Waals surface area (Å²) in [6.45, 7) is 7.58. The zero-order chi connectivity index (χ0) is 11.8. The first kappa shape index (κ1) is 12.3. The lowest BCUT2D eigenvalue weighted by Crippen LogP contribution is -2.36. The maximum atomic E-state index is 9.08. The summed E-state index contributed by atoms with van der Waals surface area (Å²) < 4.78 is 17.2. The Balaban J connectivity index is 1.98. The van der Waals surface area contributed by atoms with Gasteiger partial charge >= 0.3 is 0 Å². The predicted molar refractivity (Wildman–Crippen MR) is 59.0 cm³/mol. The van der Waals surface area contributed by atoms with Gasteiger partial charge in [-0.15, -0.1) is 0 Å². The second-order valence-electron chi connectivity index (χ2n) is 5.32. The molecule has 2 heterocycles. The van der Waals surface area contributed by atoms with Crippen molar-refractivity contribution in [3.05, 3.63) is 0 Å². The smallest absolute Gasteiger partial charge is 0.163 e. The summed E-state index contributed by atoms with van der Waals surface area (Å²) in [6, 6.07) is 0. The molecule has 2 saturated heterocycles. The lowest BCUT2D eigenvalue weighted by Gasteiger charge is -2.25. The van der Waals surface area contributed by atoms with E-state index in [2.05, 4.69) is 6.92 Å². The van der Waals surface area contributed by atoms with E-state index in [0.29, 0.717) is 18.4 Å². The Bertz CT molecular complexity index is 241. The van der Waals surface area contributed by atoms with Crippen LogP contribution in [0.5, 0.6) is 0 Å². The van der Waals surface area contributed by atoms with Crippen molar-refractivity contribution in [1.29, 1.82) is 0 Å². The second kappa shape index (κ2) is 4.61. The molecule has 0 aliphatic carbocycles. The Morgan fingerprint density at radius 1 is 1.31 bits per heavy atom. The van der Waals surface area contributed by atoms with E-state index in [9.17, 15) is 0 Å². The molecule has 0 unspecified atom stereocenters. The van der Waals surface area contributed by atoms with Crippen LogP contribution in [0, 0.1) is 11.8 Å². The molecule has 0 aromatic carbocycles. The number of rotatable bonds is 3. The van der Waals surface area contributed by atoms with Gasteiger partial charge in [0.1, 0.15) is 6.10 Å². The van der Waals surface area contributed by atoms with E-state index < -0.39 is 5.79 Å². The molecule has 2 aliphatic rings. The Morgan fingerprint density at radius 3 is 2.62 bits per heavy atom. The highest BCUT2D eigenvalue weighted by Gasteiger charge is 2.45. The van der Waals surface area contributed by atoms with Crippen LogP contribution in [-0.2, 0) is 14.2 Å². The minimum absolute atomic E-state index is 0.0106. The molecule has 0 saturated carbocycles. The molecule has 2 aliphatic heterocycles. The third-order valence-electron chi connectivity index (χ3n) is 3.56. The topological polar surface area (TPSA) is 47.9 Å². The Hall–Kier alpha value is -0.160. The third-order valence-corrected chi connectivity index (χ3v) is 3.56. The summed E-state index contributed by atoms with van der Waals surface area (Å²) in [5.74, 6) is 0.376. The maximum absolute atomic E-state index is 9.08. The summed E-state index contributed by atoms with van der Waals surface area (Å²) in [5.41, 5.74) is 0. The van der Waals surface area contributed by atoms with E-state index in [1.54, 1.807) is 0 Å². The highest BCUT2D eigenvalue weighted by atomic mass is 16.7. The van der Waals surface area contributed by atoms with Crippen molar-refractivity contribution >= 4 is 0 Å². The van der Waals surface area contributed by atoms with Crippen molar-refractivity contribution in [1.82, 2.24) is 0 Å². The molecule has 0 aromatic rings. The van der Waals surface area contributed by atoms with E-state index in [4.69, 9.17) is 19.3 Å². The molecule has 4 heteroatoms. The van der Waals surface area contributed by atoms with E-state index >= 15 is 0 Å². The van der Waals surface area contributed by atoms with Gasteiger partial charge in [0.15, 0.2) is 5.79 Å². The van der Waals surface area contributed by atoms with Gasteiger partial charge in [-0.2, -0.15) is 0 Å². The van der Waals surface area contributed by atoms with E-state index in [1.165, 1.54) is 0 Å². The first-order valence-electron chi connectivity index (χ1n) is 6.08. The number of hydrogen-bond acceptors (Lipinski definition) is 4. The molecular formula is C12H22O4. The van der Waals surface area contributed by atoms with E-state index in [0.717, 1.165) is 13.0 Å². The normalized spacial score (nSPS) is 42.8. The minimum atomic E-state index is -0.496. The van der Waals surface area contributed by atoms with Gasteiger partial charge < -0.3 is 19.3 Å². The largest absolute Gasteiger partial charge is 0.396 e. The molecule has 2 rings (SSSR count). The van der Waals surface area contributed by atoms with Crippen LogP contribution in [0.3, 0.4) is 0 Å². The molecule has 0 bridgehead atoms. The van der Waals surface area contributed by atoms with Gasteiger partial charge in [-0.05, 0) is 32.1 Å². The van der Waals surface area contributed by atoms with Gasteiger partial charge in [0, 0.05) is 6.61 Å². The van der Waals surface area contributed by atoms with Crippen LogP contribution in [-0.4, -0.2) is 42.9 Å². The summed E-state index contributed by atoms with van der Waals surface area (Å²) in [7, 11) is 0. The van der Waals surface area contributed by atoms with Crippen LogP contribution in [0.2, 0.25) is 0 Å². The van der Waals surface area contributed by atoms with Crippen molar-refractivity contribution < 1.29 is 19.3 Å². The molecular weight excluding hydrogens is 208 g/mol. The van der Waals surface area contributed by atoms with Gasteiger partial charge in [-0.1, -0.05) is 6.92 Å². The summed E-state index contributed by atoms with van der Waals surface area (Å²) in [4.78, 5) is 0. The molecule has 0 amide bonds. The fourth-order valence-corrected chi connectivity index (χ4v) is 2.69. The van der Waals surface area contributed by atoms with Crippen molar-refractivity contribution in [3.63, 3.8) is 0 Å². The average Bonchev–Trinajstić information content (AvgIpc) is 2.72. The van der Waals surface area contributed by atoms with Gasteiger partial charge in [-0.25, -0.2) is 0 Å². The number of hydrogen-bond donors (Lipinski definition) is 1. The molecule has 94 valence electrons. The fourth-order valence-electron chi connectivity index (χ4n) is 2.69. The van der Waals surface area contributed by atoms with Crippen LogP contribution in [0.15, 0.2) is 0 Å². The average molecular weight is 230 g/mol. The monoisotopic (exact) mass is 230 g/mol. The fraction of sp³-hybridized carbons (Fsp3) is 1.00. The summed E-state index contributed by atoms with van der Waals surface area (Å²) >= 11 is 0. The maximum Gasteiger partial charge on any atom is 0.163 e. The van der Waals surface area contributed by atoms with Crippen LogP contribution in [0.4, 0.5) is 0 Å². The van der Waals surface area contributed by atoms with Gasteiger partial charge in [-0.3, -0.25) is 0 Å². The van der Waals surface area contributed by atoms with Crippen molar-refractivity contribution in [2.45, 2.75) is 45.2 Å². The lowest BCUT2D eigenvalue weighted by atomic mass is 9.87. The SMILES string of the molecule is C[C@H]1CO[C@H]([C@H]2COC(C)(C)O2)[C@H]1CCO. The second-order valence-corrected chi connectivity index (χ2v) is 5.32. The number of aliphatic hydroxyl groups excluding tert-OH is 1. The van der Waals surface area contributed by atoms with E-state index in [-0.39, 0.29) is 18.8 Å². The summed E-state index contributed by atoms with van der Waals surface area (Å²) in [5, 5.41) is 9.08. The van der Waals surface area contributed by atoms with Gasteiger partial charge in [0.2, 0.25) is 0 Å². The predicted octanol–water partition coefficient (Wildman–Crippen LogP) is 1.17. The highest BCUT2D eigenvalue weighted by Crippen LogP contribution is 2.36. The first-order valence-corrected chi connectivity index (χ1v) is 6.08. The first-order chi connectivity index (χ1) is 7.53. The van der Waals surface area contributed by atoms with Gasteiger partial charge in [0.05, 0.1) is 19.3 Å². The summed E-state index contributed by atoms with van der Waals surface area (Å²) in [6.07, 6.45) is 0.868. The molecule has 0 radical (unpaired) electrons. The molecule has 4 nitrogen and oxygen atoms in total. The molecule has 2 fully saturated rings. The zero-order valence-electron chi connectivity index (χ0n) is 10.3. The van der Waals surface area contributed by atoms with Crippen LogP contribution < -0.4 is 0 Å². The minimum Gasteiger partial charge on any atom is -0.396 e. The van der Waals surface area contributed by atoms with Crippen molar-refractivity contribution in [3.8, 4) is 0 Å². The van der Waals surface area contributed by atoms with Crippen LogP contribution >= 0.6 is 0 Å². The number of ether oxygens (including phenoxy) is 3. The van der Waals surface area contributed by atoms with Crippen LogP contribution in [0.1, 0.15) is 27.2 Å². The molecule has 16 heavy (non-hydrogen) atoms. The molecule has 1 N–H and O–H groups in total. The molecule has 0 aromatic heterocycles. The zero-order valence-corrected chi connectivity index (χ0v) is 10.3. The standard InChI is InChI=1S/C12H22O4/c1-8-6-14-11(9(8)4-5-13)10-7-15-12(2,3)16-10/h8-11,13H,4-7H2,1-3H3/t8-,9-,10+,11-/m0/s1. The van der Waals surface area contributed by atoms with Crippen molar-refractivity contribution in [2.24, 2.45) is 11.8 Å². The van der Waals surface area contributed by atoms with Gasteiger partial charge in [0.25, 0.3) is 0 Å². The lowest BCUT2D eigenvalue weighted by molar-refractivity contribution is -0.155. The molecule has 0 spiro atoms. The van der Waals surface area contributed by atoms with Crippen molar-refractivity contribution in [2.75, 3.05) is 19.8 Å². The Kier molecular flexibility index (Phi) is 3.54. The Labute approximate surface area is 96.9 Å². The Morgan fingerprint density at radius 2 is 2.06 bits per heavy atom. The third kappa shape index (κ3) is 2.40. The van der Waals surface area contributed by atoms with Crippen LogP contribution in [0.25, 0.3) is 0 Å². The van der Waals surface area contributed by atoms with E-state index in [1.807, 2.05) is 13.8 Å². The quantitative estimate of drug-likeness (QED) is 0.790. The number of aliphatic hydroxyl groups is 1. The highest BCUT2D eigenvalue weighted by molar-refractivity contribution is 4.89.